The highest BCUT2D eigenvalue weighted by atomic mass is 15.1. The summed E-state index contributed by atoms with van der Waals surface area (Å²) in [7, 11) is 2.23. The molecule has 108 valence electrons. The Balaban J connectivity index is 2.61. The lowest BCUT2D eigenvalue weighted by atomic mass is 10.1. The van der Waals surface area contributed by atoms with Gasteiger partial charge in [-0.25, -0.2) is 0 Å². The molecule has 0 aliphatic carbocycles. The summed E-state index contributed by atoms with van der Waals surface area (Å²) in [4.78, 5) is 2.47. The molecule has 0 saturated heterocycles. The summed E-state index contributed by atoms with van der Waals surface area (Å²) in [5.74, 6) is 0. The number of benzene rings is 1. The minimum Gasteiger partial charge on any atom is -0.310 e. The first-order valence-corrected chi connectivity index (χ1v) is 7.58. The fourth-order valence-electron chi connectivity index (χ4n) is 2.49. The summed E-state index contributed by atoms with van der Waals surface area (Å²) < 4.78 is 0. The second-order valence-corrected chi connectivity index (χ2v) is 5.74. The molecular formula is C17H30N2. The van der Waals surface area contributed by atoms with Gasteiger partial charge in [-0.1, -0.05) is 52.0 Å². The van der Waals surface area contributed by atoms with Crippen LogP contribution in [-0.4, -0.2) is 24.0 Å². The second-order valence-electron chi connectivity index (χ2n) is 5.74. The number of hydrogen-bond donors (Lipinski definition) is 1. The summed E-state index contributed by atoms with van der Waals surface area (Å²) in [6.07, 6.45) is 2.45. The molecule has 0 atom stereocenters. The second kappa shape index (κ2) is 8.34. The van der Waals surface area contributed by atoms with Crippen molar-refractivity contribution in [3.8, 4) is 0 Å². The van der Waals surface area contributed by atoms with Crippen molar-refractivity contribution < 1.29 is 0 Å². The Hall–Kier alpha value is -0.860. The Bertz CT molecular complexity index is 356. The van der Waals surface area contributed by atoms with E-state index in [1.165, 1.54) is 24.0 Å². The van der Waals surface area contributed by atoms with Crippen molar-refractivity contribution in [3.05, 3.63) is 35.4 Å². The number of nitrogens with zero attached hydrogens (tertiary/aromatic N) is 1. The summed E-state index contributed by atoms with van der Waals surface area (Å²) in [5, 5.41) is 3.47. The van der Waals surface area contributed by atoms with E-state index in [-0.39, 0.29) is 0 Å². The van der Waals surface area contributed by atoms with Gasteiger partial charge in [-0.05, 0) is 31.0 Å². The van der Waals surface area contributed by atoms with Crippen molar-refractivity contribution in [1.29, 1.82) is 0 Å². The Kier molecular flexibility index (Phi) is 7.11. The van der Waals surface area contributed by atoms with Crippen LogP contribution in [0, 0.1) is 0 Å². The summed E-state index contributed by atoms with van der Waals surface area (Å²) >= 11 is 0. The van der Waals surface area contributed by atoms with Crippen LogP contribution in [0.5, 0.6) is 0 Å². The first-order chi connectivity index (χ1) is 9.06. The molecule has 2 heteroatoms. The van der Waals surface area contributed by atoms with Crippen LogP contribution in [0.1, 0.15) is 51.7 Å². The molecule has 0 heterocycles. The maximum Gasteiger partial charge on any atom is 0.0233 e. The first-order valence-electron chi connectivity index (χ1n) is 7.58. The summed E-state index contributed by atoms with van der Waals surface area (Å²) in [6.45, 7) is 10.9. The van der Waals surface area contributed by atoms with E-state index in [4.69, 9.17) is 0 Å². The normalized spacial score (nSPS) is 11.8. The molecule has 0 aromatic heterocycles. The third-order valence-electron chi connectivity index (χ3n) is 3.70. The fourth-order valence-corrected chi connectivity index (χ4v) is 2.49. The lowest BCUT2D eigenvalue weighted by Crippen LogP contribution is -2.30. The van der Waals surface area contributed by atoms with Crippen LogP contribution >= 0.6 is 0 Å². The van der Waals surface area contributed by atoms with Gasteiger partial charge in [-0.15, -0.1) is 0 Å². The van der Waals surface area contributed by atoms with Crippen LogP contribution in [-0.2, 0) is 13.1 Å². The highest BCUT2D eigenvalue weighted by Gasteiger charge is 2.10. The molecular weight excluding hydrogens is 232 g/mol. The van der Waals surface area contributed by atoms with Crippen molar-refractivity contribution in [2.24, 2.45) is 0 Å². The molecule has 0 saturated carbocycles. The van der Waals surface area contributed by atoms with E-state index in [1.807, 2.05) is 0 Å². The molecule has 1 aromatic carbocycles. The smallest absolute Gasteiger partial charge is 0.0233 e. The van der Waals surface area contributed by atoms with Gasteiger partial charge < -0.3 is 5.32 Å². The Morgan fingerprint density at radius 2 is 1.74 bits per heavy atom. The molecule has 2 nitrogen and oxygen atoms in total. The Morgan fingerprint density at radius 3 is 2.32 bits per heavy atom. The molecule has 0 fully saturated rings. The molecule has 1 aromatic rings. The lowest BCUT2D eigenvalue weighted by molar-refractivity contribution is 0.221. The molecule has 0 unspecified atom stereocenters. The van der Waals surface area contributed by atoms with Gasteiger partial charge in [-0.3, -0.25) is 4.90 Å². The average molecular weight is 262 g/mol. The first kappa shape index (κ1) is 16.2. The molecule has 19 heavy (non-hydrogen) atoms. The zero-order valence-corrected chi connectivity index (χ0v) is 13.2. The molecule has 0 radical (unpaired) electrons. The van der Waals surface area contributed by atoms with Crippen LogP contribution < -0.4 is 5.32 Å². The van der Waals surface area contributed by atoms with Crippen LogP contribution in [0.2, 0.25) is 0 Å². The number of nitrogens with one attached hydrogen (secondary N) is 1. The minimum atomic E-state index is 0.538. The molecule has 0 aliphatic rings. The third-order valence-corrected chi connectivity index (χ3v) is 3.70. The molecule has 1 N–H and O–H groups in total. The van der Waals surface area contributed by atoms with Crippen LogP contribution in [0.25, 0.3) is 0 Å². The van der Waals surface area contributed by atoms with Crippen molar-refractivity contribution in [2.75, 3.05) is 7.05 Å². The van der Waals surface area contributed by atoms with Gasteiger partial charge in [0.05, 0.1) is 0 Å². The van der Waals surface area contributed by atoms with E-state index in [0.717, 1.165) is 13.1 Å². The van der Waals surface area contributed by atoms with E-state index in [0.29, 0.717) is 12.1 Å². The lowest BCUT2D eigenvalue weighted by Gasteiger charge is -2.26. The van der Waals surface area contributed by atoms with Gasteiger partial charge in [0.2, 0.25) is 0 Å². The van der Waals surface area contributed by atoms with Gasteiger partial charge in [0.25, 0.3) is 0 Å². The number of hydrogen-bond acceptors (Lipinski definition) is 2. The standard InChI is InChI=1S/C17H30N2/c1-6-17(7-2)19(5)13-16-10-8-9-15(11-16)12-18-14(3)4/h8-11,14,17-18H,6-7,12-13H2,1-5H3. The third kappa shape index (κ3) is 5.75. The maximum atomic E-state index is 3.47. The van der Waals surface area contributed by atoms with E-state index in [1.54, 1.807) is 0 Å². The molecule has 1 rings (SSSR count). The Morgan fingerprint density at radius 1 is 1.11 bits per heavy atom. The van der Waals surface area contributed by atoms with Gasteiger partial charge in [0.1, 0.15) is 0 Å². The van der Waals surface area contributed by atoms with Crippen LogP contribution in [0.4, 0.5) is 0 Å². The zero-order chi connectivity index (χ0) is 14.3. The molecule has 0 amide bonds. The minimum absolute atomic E-state index is 0.538. The van der Waals surface area contributed by atoms with E-state index >= 15 is 0 Å². The quantitative estimate of drug-likeness (QED) is 0.766. The number of rotatable bonds is 8. The van der Waals surface area contributed by atoms with E-state index in [9.17, 15) is 0 Å². The predicted octanol–water partition coefficient (Wildman–Crippen LogP) is 3.81. The molecule has 0 bridgehead atoms. The summed E-state index contributed by atoms with van der Waals surface area (Å²) in [6, 6.07) is 10.2. The van der Waals surface area contributed by atoms with E-state index < -0.39 is 0 Å². The topological polar surface area (TPSA) is 15.3 Å². The van der Waals surface area contributed by atoms with Crippen LogP contribution in [0.3, 0.4) is 0 Å². The highest BCUT2D eigenvalue weighted by Crippen LogP contribution is 2.13. The van der Waals surface area contributed by atoms with Gasteiger partial charge in [-0.2, -0.15) is 0 Å². The fraction of sp³-hybridized carbons (Fsp3) is 0.647. The zero-order valence-electron chi connectivity index (χ0n) is 13.2. The van der Waals surface area contributed by atoms with Gasteiger partial charge >= 0.3 is 0 Å². The molecule has 0 spiro atoms. The summed E-state index contributed by atoms with van der Waals surface area (Å²) in [5.41, 5.74) is 2.79. The highest BCUT2D eigenvalue weighted by molar-refractivity contribution is 5.23. The van der Waals surface area contributed by atoms with Crippen molar-refractivity contribution in [3.63, 3.8) is 0 Å². The molecule has 0 aliphatic heterocycles. The van der Waals surface area contributed by atoms with Crippen molar-refractivity contribution in [2.45, 2.75) is 65.7 Å². The van der Waals surface area contributed by atoms with Gasteiger partial charge in [0.15, 0.2) is 0 Å². The van der Waals surface area contributed by atoms with Crippen LogP contribution in [0.15, 0.2) is 24.3 Å². The Labute approximate surface area is 119 Å². The SMILES string of the molecule is CCC(CC)N(C)Cc1cccc(CNC(C)C)c1. The monoisotopic (exact) mass is 262 g/mol. The van der Waals surface area contributed by atoms with Crippen molar-refractivity contribution >= 4 is 0 Å². The average Bonchev–Trinajstić information content (AvgIpc) is 2.38. The van der Waals surface area contributed by atoms with E-state index in [2.05, 4.69) is 69.2 Å². The van der Waals surface area contributed by atoms with Gasteiger partial charge in [0, 0.05) is 25.2 Å². The maximum absolute atomic E-state index is 3.47. The largest absolute Gasteiger partial charge is 0.310 e. The predicted molar refractivity (Wildman–Crippen MR) is 84.3 cm³/mol. The van der Waals surface area contributed by atoms with Crippen molar-refractivity contribution in [1.82, 2.24) is 10.2 Å².